The van der Waals surface area contributed by atoms with Crippen molar-refractivity contribution in [1.82, 2.24) is 20.1 Å². The molecule has 0 radical (unpaired) electrons. The summed E-state index contributed by atoms with van der Waals surface area (Å²) in [4.78, 5) is 19.2. The van der Waals surface area contributed by atoms with E-state index in [1.807, 2.05) is 25.5 Å². The van der Waals surface area contributed by atoms with E-state index in [1.54, 1.807) is 4.90 Å². The Bertz CT molecular complexity index is 376. The van der Waals surface area contributed by atoms with Gasteiger partial charge in [-0.2, -0.15) is 0 Å². The van der Waals surface area contributed by atoms with E-state index in [4.69, 9.17) is 0 Å². The Morgan fingerprint density at radius 3 is 3.11 bits per heavy atom. The minimum Gasteiger partial charge on any atom is -0.367 e. The Morgan fingerprint density at radius 2 is 2.44 bits per heavy atom. The number of H-pyrrole nitrogens is 1. The van der Waals surface area contributed by atoms with E-state index in [0.29, 0.717) is 13.0 Å². The van der Waals surface area contributed by atoms with Crippen molar-refractivity contribution < 1.29 is 4.79 Å². The maximum Gasteiger partial charge on any atom is 0.224 e. The number of piperazine rings is 1. The van der Waals surface area contributed by atoms with E-state index >= 15 is 0 Å². The predicted molar refractivity (Wildman–Crippen MR) is 71.2 cm³/mol. The summed E-state index contributed by atoms with van der Waals surface area (Å²) in [7, 11) is 3.96. The quantitative estimate of drug-likeness (QED) is 0.806. The topological polar surface area (TPSA) is 51.4 Å². The Hall–Kier alpha value is -1.33. The maximum atomic E-state index is 12.1. The average Bonchev–Trinajstić information content (AvgIpc) is 2.81. The second-order valence-corrected chi connectivity index (χ2v) is 5.09. The number of carbonyl (C=O) groups is 1. The summed E-state index contributed by atoms with van der Waals surface area (Å²) in [5.41, 5.74) is 1.14. The molecule has 2 rings (SSSR count). The van der Waals surface area contributed by atoms with Gasteiger partial charge in [0.25, 0.3) is 0 Å². The monoisotopic (exact) mass is 250 g/mol. The summed E-state index contributed by atoms with van der Waals surface area (Å²) in [5.74, 6) is 0.198. The number of nitrogens with zero attached hydrogens (tertiary/aromatic N) is 2. The molecule has 1 aliphatic heterocycles. The lowest BCUT2D eigenvalue weighted by Gasteiger charge is -2.31. The lowest BCUT2D eigenvalue weighted by atomic mass is 10.1. The molecule has 5 heteroatoms. The van der Waals surface area contributed by atoms with Gasteiger partial charge in [-0.15, -0.1) is 0 Å². The molecular weight excluding hydrogens is 228 g/mol. The van der Waals surface area contributed by atoms with Crippen LogP contribution < -0.4 is 5.32 Å². The number of hydrogen-bond acceptors (Lipinski definition) is 3. The zero-order valence-corrected chi connectivity index (χ0v) is 11.1. The van der Waals surface area contributed by atoms with Crippen molar-refractivity contribution in [3.8, 4) is 0 Å². The van der Waals surface area contributed by atoms with Crippen LogP contribution in [0.5, 0.6) is 0 Å². The molecule has 5 nitrogen and oxygen atoms in total. The van der Waals surface area contributed by atoms with Crippen LogP contribution in [0.2, 0.25) is 0 Å². The lowest BCUT2D eigenvalue weighted by molar-refractivity contribution is -0.131. The van der Waals surface area contributed by atoms with E-state index in [1.165, 1.54) is 0 Å². The molecule has 0 aromatic carbocycles. The molecule has 1 amide bonds. The number of aromatic amines is 1. The summed E-state index contributed by atoms with van der Waals surface area (Å²) >= 11 is 0. The number of rotatable bonds is 4. The van der Waals surface area contributed by atoms with Gasteiger partial charge in [0.15, 0.2) is 0 Å². The molecular formula is C13H22N4O. The van der Waals surface area contributed by atoms with Gasteiger partial charge in [-0.05, 0) is 18.7 Å². The molecule has 1 aromatic rings. The molecule has 1 fully saturated rings. The fourth-order valence-corrected chi connectivity index (χ4v) is 2.31. The van der Waals surface area contributed by atoms with Crippen molar-refractivity contribution in [2.24, 2.45) is 0 Å². The minimum atomic E-state index is 0.198. The molecule has 1 aliphatic rings. The highest BCUT2D eigenvalue weighted by Crippen LogP contribution is 2.06. The average molecular weight is 250 g/mol. The van der Waals surface area contributed by atoms with E-state index in [0.717, 1.165) is 25.2 Å². The third-order valence-corrected chi connectivity index (χ3v) is 3.39. The number of likely N-dealkylation sites (N-methyl/N-ethyl adjacent to an activating group) is 1. The van der Waals surface area contributed by atoms with Crippen LogP contribution in [-0.2, 0) is 11.3 Å². The third-order valence-electron chi connectivity index (χ3n) is 3.39. The first-order chi connectivity index (χ1) is 8.65. The van der Waals surface area contributed by atoms with Crippen molar-refractivity contribution in [3.05, 3.63) is 24.0 Å². The zero-order chi connectivity index (χ0) is 13.0. The van der Waals surface area contributed by atoms with Gasteiger partial charge in [-0.25, -0.2) is 0 Å². The first-order valence-corrected chi connectivity index (χ1v) is 6.42. The van der Waals surface area contributed by atoms with Crippen LogP contribution >= 0.6 is 0 Å². The van der Waals surface area contributed by atoms with Gasteiger partial charge >= 0.3 is 0 Å². The van der Waals surface area contributed by atoms with Crippen molar-refractivity contribution in [3.63, 3.8) is 0 Å². The molecule has 0 spiro atoms. The number of amides is 1. The second-order valence-electron chi connectivity index (χ2n) is 5.09. The first kappa shape index (κ1) is 13.1. The van der Waals surface area contributed by atoms with Crippen molar-refractivity contribution in [2.75, 3.05) is 33.7 Å². The van der Waals surface area contributed by atoms with E-state index in [-0.39, 0.29) is 11.9 Å². The third kappa shape index (κ3) is 3.58. The molecule has 1 atom stereocenters. The molecule has 0 aliphatic carbocycles. The Balaban J connectivity index is 1.79. The van der Waals surface area contributed by atoms with E-state index in [9.17, 15) is 4.79 Å². The zero-order valence-electron chi connectivity index (χ0n) is 11.1. The largest absolute Gasteiger partial charge is 0.367 e. The Labute approximate surface area is 108 Å². The van der Waals surface area contributed by atoms with Crippen LogP contribution in [0.4, 0.5) is 0 Å². The predicted octanol–water partition coefficient (Wildman–Crippen LogP) is 0.267. The van der Waals surface area contributed by atoms with Gasteiger partial charge in [0, 0.05) is 58.1 Å². The van der Waals surface area contributed by atoms with Crippen LogP contribution in [0.15, 0.2) is 18.5 Å². The van der Waals surface area contributed by atoms with Gasteiger partial charge in [-0.3, -0.25) is 4.79 Å². The molecule has 100 valence electrons. The summed E-state index contributed by atoms with van der Waals surface area (Å²) < 4.78 is 0. The fraction of sp³-hybridized carbons (Fsp3) is 0.615. The number of hydrogen-bond donors (Lipinski definition) is 2. The summed E-state index contributed by atoms with van der Waals surface area (Å²) in [6.45, 7) is 3.65. The van der Waals surface area contributed by atoms with Gasteiger partial charge in [-0.1, -0.05) is 0 Å². The van der Waals surface area contributed by atoms with Crippen LogP contribution in [0, 0.1) is 0 Å². The SMILES string of the molecule is CN1CCNC(CC(=O)N(C)Cc2cc[nH]c2)C1. The van der Waals surface area contributed by atoms with Gasteiger partial charge < -0.3 is 20.1 Å². The normalized spacial score (nSPS) is 20.9. The summed E-state index contributed by atoms with van der Waals surface area (Å²) in [6, 6.07) is 2.28. The second kappa shape index (κ2) is 6.02. The van der Waals surface area contributed by atoms with Gasteiger partial charge in [0.2, 0.25) is 5.91 Å². The molecule has 0 bridgehead atoms. The highest BCUT2D eigenvalue weighted by atomic mass is 16.2. The molecule has 1 aromatic heterocycles. The van der Waals surface area contributed by atoms with Gasteiger partial charge in [0.1, 0.15) is 0 Å². The number of nitrogens with one attached hydrogen (secondary N) is 2. The smallest absolute Gasteiger partial charge is 0.224 e. The molecule has 1 saturated heterocycles. The molecule has 2 heterocycles. The molecule has 0 saturated carbocycles. The van der Waals surface area contributed by atoms with Crippen molar-refractivity contribution in [1.29, 1.82) is 0 Å². The summed E-state index contributed by atoms with van der Waals surface area (Å²) in [5, 5.41) is 3.40. The van der Waals surface area contributed by atoms with Crippen LogP contribution in [0.3, 0.4) is 0 Å². The van der Waals surface area contributed by atoms with E-state index < -0.39 is 0 Å². The first-order valence-electron chi connectivity index (χ1n) is 6.42. The Morgan fingerprint density at radius 1 is 1.61 bits per heavy atom. The fourth-order valence-electron chi connectivity index (χ4n) is 2.31. The highest BCUT2D eigenvalue weighted by Gasteiger charge is 2.21. The van der Waals surface area contributed by atoms with Crippen LogP contribution in [0.25, 0.3) is 0 Å². The minimum absolute atomic E-state index is 0.198. The van der Waals surface area contributed by atoms with Crippen molar-refractivity contribution in [2.45, 2.75) is 19.0 Å². The van der Waals surface area contributed by atoms with Crippen molar-refractivity contribution >= 4 is 5.91 Å². The molecule has 1 unspecified atom stereocenters. The standard InChI is InChI=1S/C13H22N4O/c1-16-6-5-15-12(10-16)7-13(18)17(2)9-11-3-4-14-8-11/h3-4,8,12,14-15H,5-7,9-10H2,1-2H3. The lowest BCUT2D eigenvalue weighted by Crippen LogP contribution is -2.50. The van der Waals surface area contributed by atoms with Crippen LogP contribution in [-0.4, -0.2) is 60.5 Å². The number of aromatic nitrogens is 1. The molecule has 18 heavy (non-hydrogen) atoms. The molecule has 2 N–H and O–H groups in total. The number of carbonyl (C=O) groups excluding carboxylic acids is 1. The van der Waals surface area contributed by atoms with Gasteiger partial charge in [0.05, 0.1) is 0 Å². The Kier molecular flexibility index (Phi) is 4.38. The van der Waals surface area contributed by atoms with E-state index in [2.05, 4.69) is 22.2 Å². The highest BCUT2D eigenvalue weighted by molar-refractivity contribution is 5.76. The maximum absolute atomic E-state index is 12.1. The van der Waals surface area contributed by atoms with Crippen LogP contribution in [0.1, 0.15) is 12.0 Å². The summed E-state index contributed by atoms with van der Waals surface area (Å²) in [6.07, 6.45) is 4.38.